The fraction of sp³-hybridized carbons (Fsp3) is 0. The van der Waals surface area contributed by atoms with Crippen LogP contribution in [0.2, 0.25) is 0 Å². The Morgan fingerprint density at radius 2 is 1.61 bits per heavy atom. The molecular formula is C22H14BrN3O2. The Bertz CT molecular complexity index is 1250. The number of aromatic nitrogens is 2. The molecule has 2 aromatic heterocycles. The van der Waals surface area contributed by atoms with E-state index >= 15 is 0 Å². The lowest BCUT2D eigenvalue weighted by Gasteiger charge is -2.14. The Morgan fingerprint density at radius 3 is 2.36 bits per heavy atom. The molecule has 0 bridgehead atoms. The van der Waals surface area contributed by atoms with Gasteiger partial charge in [0.15, 0.2) is 0 Å². The molecule has 2 amide bonds. The number of hydrogen-bond acceptors (Lipinski definition) is 2. The lowest BCUT2D eigenvalue weighted by Crippen LogP contribution is -2.31. The van der Waals surface area contributed by atoms with E-state index in [0.29, 0.717) is 28.1 Å². The first kappa shape index (κ1) is 16.8. The third kappa shape index (κ3) is 2.46. The lowest BCUT2D eigenvalue weighted by atomic mass is 9.99. The van der Waals surface area contributed by atoms with Crippen molar-refractivity contribution in [1.29, 1.82) is 0 Å². The predicted molar refractivity (Wildman–Crippen MR) is 113 cm³/mol. The number of anilines is 1. The van der Waals surface area contributed by atoms with Crippen LogP contribution in [-0.2, 0) is 9.59 Å². The number of nitrogens with zero attached hydrogens (tertiary/aromatic N) is 1. The molecule has 5 rings (SSSR count). The molecule has 2 N–H and O–H groups in total. The van der Waals surface area contributed by atoms with Crippen molar-refractivity contribution in [3.8, 4) is 0 Å². The molecular weight excluding hydrogens is 418 g/mol. The fourth-order valence-electron chi connectivity index (χ4n) is 3.63. The zero-order valence-corrected chi connectivity index (χ0v) is 16.2. The number of hydrogen-bond donors (Lipinski definition) is 2. The summed E-state index contributed by atoms with van der Waals surface area (Å²) in [6, 6.07) is 18.4. The normalized spacial score (nSPS) is 14.5. The standard InChI is InChI=1S/C22H14BrN3O2/c23-13-8-9-17-15(11-13)16(12-25-17)19-20(18-7-4-10-24-18)22(28)26(21(19)27)14-5-2-1-3-6-14/h1-12,24-25H. The highest BCUT2D eigenvalue weighted by atomic mass is 79.9. The van der Waals surface area contributed by atoms with Gasteiger partial charge in [-0.3, -0.25) is 9.59 Å². The highest BCUT2D eigenvalue weighted by Crippen LogP contribution is 2.40. The molecule has 28 heavy (non-hydrogen) atoms. The number of para-hydroxylation sites is 1. The number of carbonyl (C=O) groups is 2. The van der Waals surface area contributed by atoms with Crippen molar-refractivity contribution >= 4 is 55.5 Å². The van der Waals surface area contributed by atoms with Crippen molar-refractivity contribution in [1.82, 2.24) is 9.97 Å². The number of imide groups is 1. The van der Waals surface area contributed by atoms with Gasteiger partial charge in [0.2, 0.25) is 0 Å². The highest BCUT2D eigenvalue weighted by molar-refractivity contribution is 9.10. The first-order valence-electron chi connectivity index (χ1n) is 8.74. The Kier molecular flexibility index (Phi) is 3.80. The van der Waals surface area contributed by atoms with E-state index in [0.717, 1.165) is 15.4 Å². The van der Waals surface area contributed by atoms with Crippen LogP contribution in [0.3, 0.4) is 0 Å². The number of benzene rings is 2. The molecule has 0 unspecified atom stereocenters. The minimum absolute atomic E-state index is 0.332. The first-order chi connectivity index (χ1) is 13.6. The number of fused-ring (bicyclic) bond motifs is 1. The Labute approximate surface area is 168 Å². The number of nitrogens with one attached hydrogen (secondary N) is 2. The van der Waals surface area contributed by atoms with Crippen molar-refractivity contribution in [3.63, 3.8) is 0 Å². The second kappa shape index (κ2) is 6.35. The highest BCUT2D eigenvalue weighted by Gasteiger charge is 2.41. The smallest absolute Gasteiger partial charge is 0.268 e. The minimum atomic E-state index is -0.335. The van der Waals surface area contributed by atoms with Gasteiger partial charge < -0.3 is 9.97 Å². The molecule has 1 aliphatic heterocycles. The minimum Gasteiger partial charge on any atom is -0.361 e. The maximum atomic E-state index is 13.5. The Hall–Kier alpha value is -3.38. The summed E-state index contributed by atoms with van der Waals surface area (Å²) in [5, 5.41) is 0.879. The quantitative estimate of drug-likeness (QED) is 0.459. The van der Waals surface area contributed by atoms with E-state index in [4.69, 9.17) is 0 Å². The summed E-state index contributed by atoms with van der Waals surface area (Å²) in [4.78, 5) is 34.3. The molecule has 0 radical (unpaired) electrons. The zero-order chi connectivity index (χ0) is 19.3. The monoisotopic (exact) mass is 431 g/mol. The Balaban J connectivity index is 1.77. The molecule has 0 aliphatic carbocycles. The molecule has 1 aliphatic rings. The molecule has 6 heteroatoms. The fourth-order valence-corrected chi connectivity index (χ4v) is 3.99. The topological polar surface area (TPSA) is 69.0 Å². The number of H-pyrrole nitrogens is 2. The van der Waals surface area contributed by atoms with E-state index in [1.807, 2.05) is 42.5 Å². The number of halogens is 1. The zero-order valence-electron chi connectivity index (χ0n) is 14.6. The van der Waals surface area contributed by atoms with Crippen LogP contribution in [0, 0.1) is 0 Å². The average molecular weight is 432 g/mol. The maximum absolute atomic E-state index is 13.5. The van der Waals surface area contributed by atoms with Gasteiger partial charge in [-0.25, -0.2) is 4.90 Å². The van der Waals surface area contributed by atoms with Gasteiger partial charge in [-0.1, -0.05) is 34.1 Å². The molecule has 0 fully saturated rings. The molecule has 0 atom stereocenters. The third-order valence-electron chi connectivity index (χ3n) is 4.88. The Morgan fingerprint density at radius 1 is 0.821 bits per heavy atom. The largest absolute Gasteiger partial charge is 0.361 e. The maximum Gasteiger partial charge on any atom is 0.268 e. The van der Waals surface area contributed by atoms with E-state index in [2.05, 4.69) is 25.9 Å². The summed E-state index contributed by atoms with van der Waals surface area (Å²) in [5.41, 5.74) is 3.54. The van der Waals surface area contributed by atoms with Crippen molar-refractivity contribution in [2.24, 2.45) is 0 Å². The number of carbonyl (C=O) groups excluding carboxylic acids is 2. The number of aromatic amines is 2. The summed E-state index contributed by atoms with van der Waals surface area (Å²) in [5.74, 6) is -0.667. The van der Waals surface area contributed by atoms with Crippen LogP contribution >= 0.6 is 15.9 Å². The van der Waals surface area contributed by atoms with Gasteiger partial charge >= 0.3 is 0 Å². The average Bonchev–Trinajstić information content (AvgIpc) is 3.41. The second-order valence-electron chi connectivity index (χ2n) is 6.51. The van der Waals surface area contributed by atoms with Crippen molar-refractivity contribution < 1.29 is 9.59 Å². The molecule has 0 saturated heterocycles. The van der Waals surface area contributed by atoms with Crippen LogP contribution < -0.4 is 4.90 Å². The SMILES string of the molecule is O=C1C(c2ccc[nH]2)=C(c2c[nH]c3ccc(Br)cc23)C(=O)N1c1ccccc1. The molecule has 136 valence electrons. The van der Waals surface area contributed by atoms with Gasteiger partial charge in [-0.15, -0.1) is 0 Å². The van der Waals surface area contributed by atoms with Crippen molar-refractivity contribution in [2.45, 2.75) is 0 Å². The van der Waals surface area contributed by atoms with Crippen LogP contribution in [0.5, 0.6) is 0 Å². The first-order valence-corrected chi connectivity index (χ1v) is 9.53. The van der Waals surface area contributed by atoms with Gasteiger partial charge in [-0.2, -0.15) is 0 Å². The molecule has 0 spiro atoms. The van der Waals surface area contributed by atoms with Gasteiger partial charge in [0.05, 0.1) is 22.5 Å². The van der Waals surface area contributed by atoms with Crippen LogP contribution in [0.25, 0.3) is 22.0 Å². The van der Waals surface area contributed by atoms with E-state index in [9.17, 15) is 9.59 Å². The van der Waals surface area contributed by atoms with Crippen molar-refractivity contribution in [2.75, 3.05) is 4.90 Å². The third-order valence-corrected chi connectivity index (χ3v) is 5.37. The van der Waals surface area contributed by atoms with Crippen LogP contribution in [0.15, 0.2) is 77.5 Å². The van der Waals surface area contributed by atoms with Crippen molar-refractivity contribution in [3.05, 3.63) is 88.8 Å². The van der Waals surface area contributed by atoms with E-state index < -0.39 is 0 Å². The van der Waals surface area contributed by atoms with Gasteiger partial charge in [0, 0.05) is 33.3 Å². The summed E-state index contributed by atoms with van der Waals surface area (Å²) >= 11 is 3.49. The number of amides is 2. The van der Waals surface area contributed by atoms with E-state index in [1.165, 1.54) is 4.90 Å². The van der Waals surface area contributed by atoms with Crippen LogP contribution in [0.4, 0.5) is 5.69 Å². The molecule has 4 aromatic rings. The summed E-state index contributed by atoms with van der Waals surface area (Å²) in [6.07, 6.45) is 3.53. The second-order valence-corrected chi connectivity index (χ2v) is 7.42. The summed E-state index contributed by atoms with van der Waals surface area (Å²) < 4.78 is 0.902. The number of rotatable bonds is 3. The lowest BCUT2D eigenvalue weighted by molar-refractivity contribution is -0.119. The molecule has 0 saturated carbocycles. The van der Waals surface area contributed by atoms with Gasteiger partial charge in [0.1, 0.15) is 0 Å². The van der Waals surface area contributed by atoms with Gasteiger partial charge in [0.25, 0.3) is 11.8 Å². The van der Waals surface area contributed by atoms with Gasteiger partial charge in [-0.05, 0) is 42.5 Å². The van der Waals surface area contributed by atoms with E-state index in [-0.39, 0.29) is 11.8 Å². The predicted octanol–water partition coefficient (Wildman–Crippen LogP) is 4.74. The summed E-state index contributed by atoms with van der Waals surface area (Å²) in [7, 11) is 0. The molecule has 2 aromatic carbocycles. The summed E-state index contributed by atoms with van der Waals surface area (Å²) in [6.45, 7) is 0. The van der Waals surface area contributed by atoms with Crippen LogP contribution in [0.1, 0.15) is 11.3 Å². The molecule has 5 nitrogen and oxygen atoms in total. The van der Waals surface area contributed by atoms with Crippen LogP contribution in [-0.4, -0.2) is 21.8 Å². The molecule has 3 heterocycles. The van der Waals surface area contributed by atoms with E-state index in [1.54, 1.807) is 30.6 Å².